The van der Waals surface area contributed by atoms with Gasteiger partial charge in [0.05, 0.1) is 6.54 Å². The number of nitrogens with one attached hydrogen (secondary N) is 1. The molecular formula is C16H19N3O3. The van der Waals surface area contributed by atoms with Crippen LogP contribution in [-0.2, 0) is 9.59 Å². The van der Waals surface area contributed by atoms with Crippen molar-refractivity contribution < 1.29 is 14.4 Å². The number of piperazine rings is 2. The van der Waals surface area contributed by atoms with Crippen molar-refractivity contribution in [3.63, 3.8) is 0 Å². The average Bonchev–Trinajstić information content (AvgIpc) is 2.52. The summed E-state index contributed by atoms with van der Waals surface area (Å²) in [5.74, 6) is -0.362. The second-order valence-corrected chi connectivity index (χ2v) is 5.89. The lowest BCUT2D eigenvalue weighted by Crippen LogP contribution is -2.69. The standard InChI is InChI=1S/C16H19N3O3/c1-10-3-5-12(6-4-10)16(22)18-7-8-19-13(9-18)14(20)17-11(2)15(19)21/h3-6,11,13H,7-9H2,1-2H3,(H,17,20)/t11-,13+/m0/s1. The van der Waals surface area contributed by atoms with E-state index >= 15 is 0 Å². The molecule has 6 nitrogen and oxygen atoms in total. The third-order valence-electron chi connectivity index (χ3n) is 4.28. The summed E-state index contributed by atoms with van der Waals surface area (Å²) in [7, 11) is 0. The SMILES string of the molecule is Cc1ccc(C(=O)N2CCN3C(=O)[C@H](C)NC(=O)[C@H]3C2)cc1. The summed E-state index contributed by atoms with van der Waals surface area (Å²) in [6, 6.07) is 6.30. The van der Waals surface area contributed by atoms with Crippen molar-refractivity contribution in [3.05, 3.63) is 35.4 Å². The molecule has 2 saturated heterocycles. The maximum Gasteiger partial charge on any atom is 0.253 e. The van der Waals surface area contributed by atoms with Crippen molar-refractivity contribution in [2.45, 2.75) is 25.9 Å². The summed E-state index contributed by atoms with van der Waals surface area (Å²) in [5.41, 5.74) is 1.70. The van der Waals surface area contributed by atoms with Gasteiger partial charge in [0.25, 0.3) is 5.91 Å². The summed E-state index contributed by atoms with van der Waals surface area (Å²) in [4.78, 5) is 39.9. The van der Waals surface area contributed by atoms with Crippen LogP contribution in [0.4, 0.5) is 0 Å². The van der Waals surface area contributed by atoms with E-state index < -0.39 is 12.1 Å². The third-order valence-corrected chi connectivity index (χ3v) is 4.28. The van der Waals surface area contributed by atoms with Gasteiger partial charge in [0.15, 0.2) is 0 Å². The van der Waals surface area contributed by atoms with E-state index in [1.165, 1.54) is 0 Å². The number of carbonyl (C=O) groups excluding carboxylic acids is 3. The Morgan fingerprint density at radius 2 is 1.86 bits per heavy atom. The summed E-state index contributed by atoms with van der Waals surface area (Å²) in [6.45, 7) is 4.75. The molecule has 22 heavy (non-hydrogen) atoms. The summed E-state index contributed by atoms with van der Waals surface area (Å²) in [5, 5.41) is 2.67. The van der Waals surface area contributed by atoms with Crippen LogP contribution < -0.4 is 5.32 Å². The first-order chi connectivity index (χ1) is 10.5. The fourth-order valence-corrected chi connectivity index (χ4v) is 2.95. The zero-order chi connectivity index (χ0) is 15.9. The van der Waals surface area contributed by atoms with Gasteiger partial charge in [-0.3, -0.25) is 14.4 Å². The number of hydrogen-bond acceptors (Lipinski definition) is 3. The summed E-state index contributed by atoms with van der Waals surface area (Å²) < 4.78 is 0. The molecule has 1 N–H and O–H groups in total. The van der Waals surface area contributed by atoms with Crippen molar-refractivity contribution in [2.75, 3.05) is 19.6 Å². The van der Waals surface area contributed by atoms with Crippen LogP contribution in [0.5, 0.6) is 0 Å². The lowest BCUT2D eigenvalue weighted by atomic mass is 10.0. The molecular weight excluding hydrogens is 282 g/mol. The molecule has 116 valence electrons. The zero-order valence-corrected chi connectivity index (χ0v) is 12.7. The Hall–Kier alpha value is -2.37. The van der Waals surface area contributed by atoms with E-state index in [1.54, 1.807) is 28.9 Å². The van der Waals surface area contributed by atoms with Gasteiger partial charge in [0.1, 0.15) is 12.1 Å². The van der Waals surface area contributed by atoms with E-state index in [-0.39, 0.29) is 24.3 Å². The van der Waals surface area contributed by atoms with Crippen LogP contribution in [0, 0.1) is 6.92 Å². The molecule has 1 aromatic carbocycles. The quantitative estimate of drug-likeness (QED) is 0.804. The van der Waals surface area contributed by atoms with Crippen LogP contribution in [-0.4, -0.2) is 59.2 Å². The second kappa shape index (κ2) is 5.44. The molecule has 0 bridgehead atoms. The van der Waals surface area contributed by atoms with Gasteiger partial charge in [0.2, 0.25) is 11.8 Å². The third kappa shape index (κ3) is 2.45. The molecule has 6 heteroatoms. The first-order valence-corrected chi connectivity index (χ1v) is 7.44. The van der Waals surface area contributed by atoms with Crippen LogP contribution >= 0.6 is 0 Å². The molecule has 0 aromatic heterocycles. The van der Waals surface area contributed by atoms with Crippen LogP contribution in [0.3, 0.4) is 0 Å². The van der Waals surface area contributed by atoms with Crippen molar-refractivity contribution in [2.24, 2.45) is 0 Å². The van der Waals surface area contributed by atoms with Crippen LogP contribution in [0.25, 0.3) is 0 Å². The maximum atomic E-state index is 12.5. The molecule has 2 aliphatic heterocycles. The monoisotopic (exact) mass is 301 g/mol. The Labute approximate surface area is 129 Å². The van der Waals surface area contributed by atoms with Crippen molar-refractivity contribution in [1.82, 2.24) is 15.1 Å². The van der Waals surface area contributed by atoms with Gasteiger partial charge in [0, 0.05) is 18.7 Å². The lowest BCUT2D eigenvalue weighted by Gasteiger charge is -2.44. The number of fused-ring (bicyclic) bond motifs is 1. The molecule has 2 aliphatic rings. The van der Waals surface area contributed by atoms with Gasteiger partial charge in [-0.15, -0.1) is 0 Å². The highest BCUT2D eigenvalue weighted by Crippen LogP contribution is 2.18. The number of rotatable bonds is 1. The van der Waals surface area contributed by atoms with Gasteiger partial charge < -0.3 is 15.1 Å². The Kier molecular flexibility index (Phi) is 3.60. The molecule has 0 unspecified atom stereocenters. The normalized spacial score (nSPS) is 24.8. The Morgan fingerprint density at radius 3 is 2.55 bits per heavy atom. The number of aryl methyl sites for hydroxylation is 1. The minimum Gasteiger partial charge on any atom is -0.343 e. The lowest BCUT2D eigenvalue weighted by molar-refractivity contribution is -0.151. The van der Waals surface area contributed by atoms with Crippen LogP contribution in [0.1, 0.15) is 22.8 Å². The van der Waals surface area contributed by atoms with E-state index in [4.69, 9.17) is 0 Å². The van der Waals surface area contributed by atoms with E-state index in [1.807, 2.05) is 19.1 Å². The molecule has 0 radical (unpaired) electrons. The van der Waals surface area contributed by atoms with Gasteiger partial charge in [-0.1, -0.05) is 17.7 Å². The molecule has 2 atom stereocenters. The average molecular weight is 301 g/mol. The van der Waals surface area contributed by atoms with Crippen molar-refractivity contribution in [3.8, 4) is 0 Å². The molecule has 2 fully saturated rings. The molecule has 3 amide bonds. The van der Waals surface area contributed by atoms with Gasteiger partial charge in [-0.05, 0) is 26.0 Å². The van der Waals surface area contributed by atoms with Crippen LogP contribution in [0.2, 0.25) is 0 Å². The van der Waals surface area contributed by atoms with Gasteiger partial charge in [-0.2, -0.15) is 0 Å². The van der Waals surface area contributed by atoms with E-state index in [2.05, 4.69) is 5.32 Å². The highest BCUT2D eigenvalue weighted by atomic mass is 16.2. The molecule has 2 heterocycles. The highest BCUT2D eigenvalue weighted by molar-refractivity contribution is 5.99. The molecule has 3 rings (SSSR count). The molecule has 0 saturated carbocycles. The summed E-state index contributed by atoms with van der Waals surface area (Å²) >= 11 is 0. The fourth-order valence-electron chi connectivity index (χ4n) is 2.95. The topological polar surface area (TPSA) is 69.7 Å². The predicted octanol–water partition coefficient (Wildman–Crippen LogP) is 0.166. The first kappa shape index (κ1) is 14.6. The molecule has 0 spiro atoms. The Balaban J connectivity index is 1.76. The smallest absolute Gasteiger partial charge is 0.253 e. The number of amides is 3. The molecule has 1 aromatic rings. The largest absolute Gasteiger partial charge is 0.343 e. The highest BCUT2D eigenvalue weighted by Gasteiger charge is 2.42. The number of benzene rings is 1. The Morgan fingerprint density at radius 1 is 1.18 bits per heavy atom. The van der Waals surface area contributed by atoms with Crippen molar-refractivity contribution >= 4 is 17.7 Å². The second-order valence-electron chi connectivity index (χ2n) is 5.89. The number of hydrogen-bond donors (Lipinski definition) is 1. The fraction of sp³-hybridized carbons (Fsp3) is 0.438. The predicted molar refractivity (Wildman–Crippen MR) is 80.2 cm³/mol. The maximum absolute atomic E-state index is 12.5. The van der Waals surface area contributed by atoms with Crippen molar-refractivity contribution in [1.29, 1.82) is 0 Å². The zero-order valence-electron chi connectivity index (χ0n) is 12.7. The van der Waals surface area contributed by atoms with Gasteiger partial charge in [-0.25, -0.2) is 0 Å². The van der Waals surface area contributed by atoms with E-state index in [0.717, 1.165) is 5.56 Å². The number of carbonyl (C=O) groups is 3. The van der Waals surface area contributed by atoms with E-state index in [9.17, 15) is 14.4 Å². The minimum absolute atomic E-state index is 0.0768. The Bertz CT molecular complexity index is 626. The van der Waals surface area contributed by atoms with Crippen LogP contribution in [0.15, 0.2) is 24.3 Å². The molecule has 0 aliphatic carbocycles. The van der Waals surface area contributed by atoms with E-state index in [0.29, 0.717) is 18.7 Å². The first-order valence-electron chi connectivity index (χ1n) is 7.44. The summed E-state index contributed by atoms with van der Waals surface area (Å²) in [6.07, 6.45) is 0. The minimum atomic E-state index is -0.577. The number of nitrogens with zero attached hydrogens (tertiary/aromatic N) is 2. The van der Waals surface area contributed by atoms with Gasteiger partial charge >= 0.3 is 0 Å².